The Bertz CT molecular complexity index is 1090. The molecule has 3 aromatic rings. The van der Waals surface area contributed by atoms with Crippen LogP contribution in [0.4, 0.5) is 4.79 Å². The molecule has 0 aliphatic heterocycles. The summed E-state index contributed by atoms with van der Waals surface area (Å²) in [6.45, 7) is 3.86. The molecular weight excluding hydrogens is 390 g/mol. The normalized spacial score (nSPS) is 13.0. The van der Waals surface area contributed by atoms with Crippen LogP contribution in [0.5, 0.6) is 0 Å². The number of carboxylic acids is 1. The van der Waals surface area contributed by atoms with Crippen LogP contribution in [0, 0.1) is 0 Å². The van der Waals surface area contributed by atoms with Crippen LogP contribution >= 0.6 is 0 Å². The summed E-state index contributed by atoms with van der Waals surface area (Å²) in [7, 11) is 0. The van der Waals surface area contributed by atoms with Crippen molar-refractivity contribution in [3.05, 3.63) is 102 Å². The van der Waals surface area contributed by atoms with Crippen LogP contribution < -0.4 is 5.32 Å². The summed E-state index contributed by atoms with van der Waals surface area (Å²) in [4.78, 5) is 24.1. The Kier molecular flexibility index (Phi) is 5.85. The van der Waals surface area contributed by atoms with Crippen molar-refractivity contribution >= 4 is 18.1 Å². The molecule has 0 aromatic heterocycles. The van der Waals surface area contributed by atoms with E-state index in [1.807, 2.05) is 60.7 Å². The number of amides is 1. The Labute approximate surface area is 181 Å². The van der Waals surface area contributed by atoms with Crippen molar-refractivity contribution in [3.63, 3.8) is 0 Å². The van der Waals surface area contributed by atoms with E-state index in [1.54, 1.807) is 6.08 Å². The van der Waals surface area contributed by atoms with E-state index >= 15 is 0 Å². The van der Waals surface area contributed by atoms with E-state index in [-0.39, 0.29) is 18.9 Å². The molecule has 5 heteroatoms. The van der Waals surface area contributed by atoms with Gasteiger partial charge >= 0.3 is 12.1 Å². The van der Waals surface area contributed by atoms with E-state index in [0.29, 0.717) is 0 Å². The maximum atomic E-state index is 12.4. The molecule has 3 aromatic carbocycles. The number of carboxylic acid groups (broad SMARTS) is 1. The highest BCUT2D eigenvalue weighted by atomic mass is 16.5. The number of fused-ring (bicyclic) bond motifs is 3. The topological polar surface area (TPSA) is 75.6 Å². The molecule has 1 aliphatic carbocycles. The molecule has 1 unspecified atom stereocenters. The number of carbonyl (C=O) groups excluding carboxylic acids is 1. The van der Waals surface area contributed by atoms with Gasteiger partial charge in [-0.15, -0.1) is 0 Å². The van der Waals surface area contributed by atoms with Gasteiger partial charge in [-0.2, -0.15) is 0 Å². The van der Waals surface area contributed by atoms with Gasteiger partial charge in [0.05, 0.1) is 0 Å². The van der Waals surface area contributed by atoms with Gasteiger partial charge in [-0.3, -0.25) is 0 Å². The molecule has 0 spiro atoms. The fraction of sp³-hybridized carbons (Fsp3) is 0.154. The third-order valence-corrected chi connectivity index (χ3v) is 5.56. The highest BCUT2D eigenvalue weighted by Crippen LogP contribution is 2.44. The number of benzene rings is 3. The number of aliphatic carboxylic acids is 1. The quantitative estimate of drug-likeness (QED) is 0.580. The zero-order chi connectivity index (χ0) is 21.8. The minimum atomic E-state index is -1.11. The first kappa shape index (κ1) is 20.4. The fourth-order valence-corrected chi connectivity index (χ4v) is 4.07. The van der Waals surface area contributed by atoms with Gasteiger partial charge in [0.1, 0.15) is 12.6 Å². The van der Waals surface area contributed by atoms with Crippen LogP contribution in [-0.4, -0.2) is 29.8 Å². The van der Waals surface area contributed by atoms with Crippen molar-refractivity contribution in [3.8, 4) is 11.1 Å². The molecule has 156 valence electrons. The maximum Gasteiger partial charge on any atom is 0.407 e. The van der Waals surface area contributed by atoms with Gasteiger partial charge in [0.15, 0.2) is 0 Å². The van der Waals surface area contributed by atoms with Gasteiger partial charge in [0, 0.05) is 12.3 Å². The Hall–Kier alpha value is -3.86. The van der Waals surface area contributed by atoms with Crippen LogP contribution in [0.2, 0.25) is 0 Å². The van der Waals surface area contributed by atoms with Gasteiger partial charge in [-0.1, -0.05) is 85.5 Å². The highest BCUT2D eigenvalue weighted by molar-refractivity contribution is 5.81. The monoisotopic (exact) mass is 413 g/mol. The standard InChI is InChI=1S/C26H23NO4/c1-2-17-8-7-9-18(14-17)15-24(25(28)29)27-26(30)31-16-23-21-12-5-3-10-19(21)20-11-4-6-13-22(20)23/h2-14,23-24H,1,15-16H2,(H,27,30)(H,28,29). The van der Waals surface area contributed by atoms with Crippen molar-refractivity contribution in [1.29, 1.82) is 0 Å². The van der Waals surface area contributed by atoms with Crippen molar-refractivity contribution in [2.45, 2.75) is 18.4 Å². The van der Waals surface area contributed by atoms with Crippen molar-refractivity contribution in [2.75, 3.05) is 6.61 Å². The van der Waals surface area contributed by atoms with Crippen molar-refractivity contribution in [2.24, 2.45) is 0 Å². The molecule has 0 saturated carbocycles. The summed E-state index contributed by atoms with van der Waals surface area (Å²) in [5.41, 5.74) is 6.17. The summed E-state index contributed by atoms with van der Waals surface area (Å²) >= 11 is 0. The average molecular weight is 413 g/mol. The first-order valence-corrected chi connectivity index (χ1v) is 10.1. The second-order valence-corrected chi connectivity index (χ2v) is 7.51. The smallest absolute Gasteiger partial charge is 0.407 e. The van der Waals surface area contributed by atoms with E-state index in [1.165, 1.54) is 0 Å². The van der Waals surface area contributed by atoms with Crippen LogP contribution in [0.3, 0.4) is 0 Å². The third-order valence-electron chi connectivity index (χ3n) is 5.56. The Morgan fingerprint density at radius 1 is 1.00 bits per heavy atom. The van der Waals surface area contributed by atoms with Gasteiger partial charge in [-0.05, 0) is 33.4 Å². The van der Waals surface area contributed by atoms with E-state index in [2.05, 4.69) is 24.0 Å². The van der Waals surface area contributed by atoms with Crippen LogP contribution in [-0.2, 0) is 16.0 Å². The molecule has 0 fully saturated rings. The largest absolute Gasteiger partial charge is 0.480 e. The maximum absolute atomic E-state index is 12.4. The van der Waals surface area contributed by atoms with Gasteiger partial charge < -0.3 is 15.2 Å². The van der Waals surface area contributed by atoms with Crippen molar-refractivity contribution in [1.82, 2.24) is 5.32 Å². The molecule has 31 heavy (non-hydrogen) atoms. The summed E-state index contributed by atoms with van der Waals surface area (Å²) in [5, 5.41) is 12.0. The molecule has 1 aliphatic rings. The molecule has 2 N–H and O–H groups in total. The van der Waals surface area contributed by atoms with E-state index in [4.69, 9.17) is 4.74 Å². The number of ether oxygens (including phenoxy) is 1. The molecule has 1 amide bonds. The SMILES string of the molecule is C=Cc1cccc(CC(NC(=O)OCC2c3ccccc3-c3ccccc32)C(=O)O)c1. The fourth-order valence-electron chi connectivity index (χ4n) is 4.07. The number of nitrogens with one attached hydrogen (secondary N) is 1. The first-order valence-electron chi connectivity index (χ1n) is 10.1. The lowest BCUT2D eigenvalue weighted by Crippen LogP contribution is -2.42. The number of rotatable bonds is 7. The van der Waals surface area contributed by atoms with Gasteiger partial charge in [0.25, 0.3) is 0 Å². The molecule has 0 heterocycles. The molecule has 0 saturated heterocycles. The second kappa shape index (κ2) is 8.88. The summed E-state index contributed by atoms with van der Waals surface area (Å²) in [5.74, 6) is -1.19. The molecule has 1 atom stereocenters. The van der Waals surface area contributed by atoms with Crippen molar-refractivity contribution < 1.29 is 19.4 Å². The average Bonchev–Trinajstić information content (AvgIpc) is 3.11. The second-order valence-electron chi connectivity index (χ2n) is 7.51. The predicted octanol–water partition coefficient (Wildman–Crippen LogP) is 4.86. The molecule has 4 rings (SSSR count). The van der Waals surface area contributed by atoms with E-state index in [0.717, 1.165) is 33.4 Å². The zero-order valence-electron chi connectivity index (χ0n) is 17.0. The number of hydrogen-bond acceptors (Lipinski definition) is 3. The van der Waals surface area contributed by atoms with Crippen LogP contribution in [0.1, 0.15) is 28.2 Å². The summed E-state index contributed by atoms with van der Waals surface area (Å²) in [6.07, 6.45) is 1.11. The molecular formula is C26H23NO4. The van der Waals surface area contributed by atoms with Crippen LogP contribution in [0.15, 0.2) is 79.4 Å². The zero-order valence-corrected chi connectivity index (χ0v) is 17.0. The molecule has 0 bridgehead atoms. The first-order chi connectivity index (χ1) is 15.1. The molecule has 0 radical (unpaired) electrons. The van der Waals surface area contributed by atoms with Gasteiger partial charge in [0.2, 0.25) is 0 Å². The number of hydrogen-bond donors (Lipinski definition) is 2. The lowest BCUT2D eigenvalue weighted by molar-refractivity contribution is -0.139. The van der Waals surface area contributed by atoms with Crippen LogP contribution in [0.25, 0.3) is 17.2 Å². The highest BCUT2D eigenvalue weighted by Gasteiger charge is 2.29. The number of alkyl carbamates (subject to hydrolysis) is 1. The lowest BCUT2D eigenvalue weighted by Gasteiger charge is -2.17. The minimum absolute atomic E-state index is 0.0781. The third kappa shape index (κ3) is 4.36. The minimum Gasteiger partial charge on any atom is -0.480 e. The molecule has 5 nitrogen and oxygen atoms in total. The Morgan fingerprint density at radius 3 is 2.26 bits per heavy atom. The van der Waals surface area contributed by atoms with Gasteiger partial charge in [-0.25, -0.2) is 9.59 Å². The van der Waals surface area contributed by atoms with E-state index < -0.39 is 18.1 Å². The lowest BCUT2D eigenvalue weighted by atomic mass is 9.98. The predicted molar refractivity (Wildman–Crippen MR) is 120 cm³/mol. The Balaban J connectivity index is 1.43. The number of carbonyl (C=O) groups is 2. The summed E-state index contributed by atoms with van der Waals surface area (Å²) < 4.78 is 5.47. The van der Waals surface area contributed by atoms with E-state index in [9.17, 15) is 14.7 Å². The Morgan fingerprint density at radius 2 is 1.65 bits per heavy atom. The summed E-state index contributed by atoms with van der Waals surface area (Å²) in [6, 6.07) is 22.4.